The van der Waals surface area contributed by atoms with Crippen LogP contribution in [0.3, 0.4) is 0 Å². The molecule has 2 nitrogen and oxygen atoms in total. The first kappa shape index (κ1) is 28.6. The van der Waals surface area contributed by atoms with Crippen molar-refractivity contribution in [3.05, 3.63) is 11.6 Å². The van der Waals surface area contributed by atoms with Gasteiger partial charge in [-0.05, 0) is 110 Å². The van der Waals surface area contributed by atoms with Gasteiger partial charge in [0.15, 0.2) is 0 Å². The standard InChI is InChI=1S/C33H56O2S/c1-5-7-9-10-11-12-14-25-16-18-29-28-17-15-26-24-27(36-31(34)35-23-13-8-6-2)19-21-33(26,4)30(28)20-22-32(25,29)3/h15,25,27-30H,5-14,16-24H2,1-4H3. The lowest BCUT2D eigenvalue weighted by Gasteiger charge is -2.58. The first-order valence-corrected chi connectivity index (χ1v) is 16.8. The molecule has 206 valence electrons. The Morgan fingerprint density at radius 2 is 1.67 bits per heavy atom. The van der Waals surface area contributed by atoms with Crippen LogP contribution < -0.4 is 0 Å². The van der Waals surface area contributed by atoms with Gasteiger partial charge >= 0.3 is 5.30 Å². The fourth-order valence-corrected chi connectivity index (χ4v) is 10.1. The van der Waals surface area contributed by atoms with Gasteiger partial charge in [0.2, 0.25) is 0 Å². The minimum Gasteiger partial charge on any atom is -0.458 e. The van der Waals surface area contributed by atoms with Crippen LogP contribution in [-0.4, -0.2) is 17.2 Å². The number of hydrogen-bond acceptors (Lipinski definition) is 3. The number of rotatable bonds is 12. The second-order valence-electron chi connectivity index (χ2n) is 13.4. The SMILES string of the molecule is CCCCCCCCC1CCC2C3CC=C4CC(SC(=O)OCCCCC)CCC4(C)C3CCC12C. The molecule has 0 amide bonds. The first-order valence-electron chi connectivity index (χ1n) is 15.9. The number of ether oxygens (including phenoxy) is 1. The highest BCUT2D eigenvalue weighted by atomic mass is 32.2. The number of carbonyl (C=O) groups is 1. The van der Waals surface area contributed by atoms with Gasteiger partial charge in [-0.1, -0.05) is 90.7 Å². The van der Waals surface area contributed by atoms with Crippen molar-refractivity contribution in [1.82, 2.24) is 0 Å². The molecule has 3 heteroatoms. The summed E-state index contributed by atoms with van der Waals surface area (Å²) < 4.78 is 5.52. The van der Waals surface area contributed by atoms with Gasteiger partial charge in [-0.15, -0.1) is 0 Å². The van der Waals surface area contributed by atoms with Crippen LogP contribution in [0.5, 0.6) is 0 Å². The molecule has 4 aliphatic rings. The van der Waals surface area contributed by atoms with Gasteiger partial charge in [-0.25, -0.2) is 4.79 Å². The third-order valence-electron chi connectivity index (χ3n) is 11.4. The summed E-state index contributed by atoms with van der Waals surface area (Å²) in [6.45, 7) is 10.4. The van der Waals surface area contributed by atoms with Crippen molar-refractivity contribution >= 4 is 17.1 Å². The van der Waals surface area contributed by atoms with Gasteiger partial charge in [-0.2, -0.15) is 0 Å². The first-order chi connectivity index (χ1) is 17.4. The zero-order valence-electron chi connectivity index (χ0n) is 24.1. The largest absolute Gasteiger partial charge is 0.458 e. The molecule has 7 atom stereocenters. The number of carbonyl (C=O) groups excluding carboxylic acids is 1. The van der Waals surface area contributed by atoms with E-state index in [2.05, 4.69) is 33.8 Å². The molecule has 0 aromatic rings. The van der Waals surface area contributed by atoms with Crippen molar-refractivity contribution in [2.45, 2.75) is 149 Å². The molecule has 0 radical (unpaired) electrons. The average molecular weight is 517 g/mol. The Balaban J connectivity index is 1.31. The van der Waals surface area contributed by atoms with E-state index in [9.17, 15) is 4.79 Å². The van der Waals surface area contributed by atoms with Crippen LogP contribution in [0, 0.1) is 34.5 Å². The van der Waals surface area contributed by atoms with Crippen LogP contribution in [-0.2, 0) is 4.74 Å². The van der Waals surface area contributed by atoms with E-state index in [0.29, 0.717) is 22.7 Å². The number of allylic oxidation sites excluding steroid dienone is 2. The van der Waals surface area contributed by atoms with E-state index in [1.165, 1.54) is 108 Å². The van der Waals surface area contributed by atoms with Crippen molar-refractivity contribution in [1.29, 1.82) is 0 Å². The molecule has 0 aliphatic heterocycles. The normalized spacial score (nSPS) is 37.6. The third kappa shape index (κ3) is 6.23. The average Bonchev–Trinajstić information content (AvgIpc) is 3.20. The number of unbranched alkanes of at least 4 members (excludes halogenated alkanes) is 7. The van der Waals surface area contributed by atoms with Crippen LogP contribution in [0.2, 0.25) is 0 Å². The van der Waals surface area contributed by atoms with Crippen molar-refractivity contribution in [3.63, 3.8) is 0 Å². The Morgan fingerprint density at radius 3 is 2.47 bits per heavy atom. The Bertz CT molecular complexity index is 746. The van der Waals surface area contributed by atoms with Crippen molar-refractivity contribution < 1.29 is 9.53 Å². The topological polar surface area (TPSA) is 26.3 Å². The van der Waals surface area contributed by atoms with Crippen LogP contribution >= 0.6 is 11.8 Å². The Morgan fingerprint density at radius 1 is 0.917 bits per heavy atom. The molecule has 0 aromatic heterocycles. The monoisotopic (exact) mass is 516 g/mol. The van der Waals surface area contributed by atoms with Gasteiger partial charge in [0.05, 0.1) is 6.61 Å². The van der Waals surface area contributed by atoms with Gasteiger partial charge in [-0.3, -0.25) is 0 Å². The third-order valence-corrected chi connectivity index (χ3v) is 12.4. The van der Waals surface area contributed by atoms with Gasteiger partial charge < -0.3 is 4.74 Å². The summed E-state index contributed by atoms with van der Waals surface area (Å²) >= 11 is 1.49. The van der Waals surface area contributed by atoms with Crippen molar-refractivity contribution in [2.24, 2.45) is 34.5 Å². The van der Waals surface area contributed by atoms with E-state index in [-0.39, 0.29) is 5.30 Å². The number of thioether (sulfide) groups is 1. The summed E-state index contributed by atoms with van der Waals surface area (Å²) in [4.78, 5) is 12.4. The maximum atomic E-state index is 12.4. The van der Waals surface area contributed by atoms with Crippen LogP contribution in [0.1, 0.15) is 143 Å². The number of hydrogen-bond donors (Lipinski definition) is 0. The Hall–Kier alpha value is -0.440. The van der Waals surface area contributed by atoms with Gasteiger partial charge in [0, 0.05) is 5.25 Å². The summed E-state index contributed by atoms with van der Waals surface area (Å²) in [5.74, 6) is 3.69. The molecule has 0 spiro atoms. The highest BCUT2D eigenvalue weighted by Gasteiger charge is 2.58. The van der Waals surface area contributed by atoms with Crippen LogP contribution in [0.15, 0.2) is 11.6 Å². The summed E-state index contributed by atoms with van der Waals surface area (Å²) in [7, 11) is 0. The summed E-state index contributed by atoms with van der Waals surface area (Å²) in [5.41, 5.74) is 2.67. The Kier molecular flexibility index (Phi) is 10.4. The maximum Gasteiger partial charge on any atom is 0.367 e. The molecular weight excluding hydrogens is 460 g/mol. The predicted molar refractivity (Wildman–Crippen MR) is 155 cm³/mol. The lowest BCUT2D eigenvalue weighted by molar-refractivity contribution is -0.0421. The van der Waals surface area contributed by atoms with Gasteiger partial charge in [0.1, 0.15) is 0 Å². The van der Waals surface area contributed by atoms with E-state index >= 15 is 0 Å². The molecule has 0 heterocycles. The second-order valence-corrected chi connectivity index (χ2v) is 14.7. The summed E-state index contributed by atoms with van der Waals surface area (Å²) in [5, 5.41) is 0.381. The quantitative estimate of drug-likeness (QED) is 0.146. The molecule has 0 bridgehead atoms. The summed E-state index contributed by atoms with van der Waals surface area (Å²) in [6, 6.07) is 0. The lowest BCUT2D eigenvalue weighted by Crippen LogP contribution is -2.50. The molecule has 3 fully saturated rings. The van der Waals surface area contributed by atoms with Crippen molar-refractivity contribution in [2.75, 3.05) is 6.61 Å². The van der Waals surface area contributed by atoms with E-state index in [0.717, 1.165) is 42.9 Å². The van der Waals surface area contributed by atoms with E-state index < -0.39 is 0 Å². The number of fused-ring (bicyclic) bond motifs is 5. The fraction of sp³-hybridized carbons (Fsp3) is 0.909. The van der Waals surface area contributed by atoms with E-state index in [1.807, 2.05) is 0 Å². The molecule has 3 saturated carbocycles. The highest BCUT2D eigenvalue weighted by molar-refractivity contribution is 8.13. The minimum atomic E-state index is -0.0372. The molecular formula is C33H56O2S. The van der Waals surface area contributed by atoms with Crippen molar-refractivity contribution in [3.8, 4) is 0 Å². The molecule has 36 heavy (non-hydrogen) atoms. The van der Waals surface area contributed by atoms with E-state index in [1.54, 1.807) is 5.57 Å². The zero-order valence-corrected chi connectivity index (χ0v) is 24.9. The molecule has 4 aliphatic carbocycles. The fourth-order valence-electron chi connectivity index (χ4n) is 9.16. The smallest absolute Gasteiger partial charge is 0.367 e. The van der Waals surface area contributed by atoms with Gasteiger partial charge in [0.25, 0.3) is 0 Å². The summed E-state index contributed by atoms with van der Waals surface area (Å²) in [6.07, 6.45) is 26.8. The Labute approximate surface area is 227 Å². The lowest BCUT2D eigenvalue weighted by atomic mass is 9.47. The van der Waals surface area contributed by atoms with Crippen LogP contribution in [0.4, 0.5) is 4.79 Å². The van der Waals surface area contributed by atoms with E-state index in [4.69, 9.17) is 4.74 Å². The molecule has 0 aromatic carbocycles. The molecule has 7 unspecified atom stereocenters. The zero-order chi connectivity index (χ0) is 25.6. The predicted octanol–water partition coefficient (Wildman–Crippen LogP) is 10.7. The molecule has 4 rings (SSSR count). The highest BCUT2D eigenvalue weighted by Crippen LogP contribution is 2.67. The van der Waals surface area contributed by atoms with Crippen LogP contribution in [0.25, 0.3) is 0 Å². The molecule has 0 saturated heterocycles. The minimum absolute atomic E-state index is 0.0372. The molecule has 0 N–H and O–H groups in total. The second kappa shape index (κ2) is 13.1. The maximum absolute atomic E-state index is 12.4.